The third-order valence-electron chi connectivity index (χ3n) is 3.11. The summed E-state index contributed by atoms with van der Waals surface area (Å²) in [6.07, 6.45) is 0. The number of aliphatic hydroxyl groups is 1. The summed E-state index contributed by atoms with van der Waals surface area (Å²) in [5, 5.41) is 8.99. The summed E-state index contributed by atoms with van der Waals surface area (Å²) in [6, 6.07) is 16.8. The Bertz CT molecular complexity index is 515. The zero-order valence-electron chi connectivity index (χ0n) is 10.3. The third-order valence-corrected chi connectivity index (χ3v) is 3.11. The minimum absolute atomic E-state index is 0.0291. The third kappa shape index (κ3) is 2.66. The Labute approximate surface area is 107 Å². The van der Waals surface area contributed by atoms with Crippen molar-refractivity contribution in [2.45, 2.75) is 19.4 Å². The van der Waals surface area contributed by atoms with Gasteiger partial charge in [0.05, 0.1) is 6.61 Å². The molecule has 1 atom stereocenters. The van der Waals surface area contributed by atoms with E-state index in [2.05, 4.69) is 0 Å². The fourth-order valence-electron chi connectivity index (χ4n) is 1.92. The molecule has 0 heterocycles. The molecule has 0 saturated carbocycles. The molecule has 0 spiro atoms. The molecule has 2 rings (SSSR count). The highest BCUT2D eigenvalue weighted by Gasteiger charge is 2.16. The van der Waals surface area contributed by atoms with Crippen LogP contribution in [0.4, 0.5) is 0 Å². The fourth-order valence-corrected chi connectivity index (χ4v) is 1.92. The van der Waals surface area contributed by atoms with Gasteiger partial charge in [-0.15, -0.1) is 0 Å². The van der Waals surface area contributed by atoms with Crippen LogP contribution in [0.25, 0.3) is 0 Å². The highest BCUT2D eigenvalue weighted by atomic mass is 16.3. The quantitative estimate of drug-likeness (QED) is 0.833. The lowest BCUT2D eigenvalue weighted by atomic mass is 9.92. The van der Waals surface area contributed by atoms with Gasteiger partial charge >= 0.3 is 0 Å². The van der Waals surface area contributed by atoms with Crippen LogP contribution < -0.4 is 0 Å². The molecule has 0 fully saturated rings. The Balaban J connectivity index is 2.20. The van der Waals surface area contributed by atoms with Gasteiger partial charge in [-0.05, 0) is 11.1 Å². The number of Topliss-reactive ketones (excluding diaryl/α,β-unsaturated/α-hetero) is 1. The van der Waals surface area contributed by atoms with Gasteiger partial charge in [0, 0.05) is 11.5 Å². The number of hydrogen-bond acceptors (Lipinski definition) is 2. The van der Waals surface area contributed by atoms with Gasteiger partial charge in [0.15, 0.2) is 5.78 Å². The van der Waals surface area contributed by atoms with Gasteiger partial charge in [-0.25, -0.2) is 0 Å². The number of ketones is 1. The minimum atomic E-state index is -0.167. The zero-order chi connectivity index (χ0) is 13.0. The van der Waals surface area contributed by atoms with Crippen molar-refractivity contribution in [2.75, 3.05) is 0 Å². The molecule has 0 radical (unpaired) electrons. The van der Waals surface area contributed by atoms with E-state index in [-0.39, 0.29) is 18.3 Å². The Morgan fingerprint density at radius 2 is 1.67 bits per heavy atom. The van der Waals surface area contributed by atoms with Crippen LogP contribution in [0.2, 0.25) is 0 Å². The van der Waals surface area contributed by atoms with E-state index >= 15 is 0 Å². The molecule has 2 nitrogen and oxygen atoms in total. The highest BCUT2D eigenvalue weighted by molar-refractivity contribution is 6.00. The largest absolute Gasteiger partial charge is 0.392 e. The number of carbonyl (C=O) groups excluding carboxylic acids is 1. The molecule has 0 saturated heterocycles. The van der Waals surface area contributed by atoms with Gasteiger partial charge in [-0.1, -0.05) is 61.5 Å². The molecule has 1 N–H and O–H groups in total. The van der Waals surface area contributed by atoms with E-state index < -0.39 is 0 Å². The van der Waals surface area contributed by atoms with Crippen LogP contribution in [0, 0.1) is 0 Å². The smallest absolute Gasteiger partial charge is 0.170 e. The van der Waals surface area contributed by atoms with Crippen molar-refractivity contribution in [3.8, 4) is 0 Å². The lowest BCUT2D eigenvalue weighted by Crippen LogP contribution is -2.09. The van der Waals surface area contributed by atoms with Crippen molar-refractivity contribution in [3.63, 3.8) is 0 Å². The molecule has 0 aliphatic carbocycles. The van der Waals surface area contributed by atoms with Crippen molar-refractivity contribution in [1.82, 2.24) is 0 Å². The maximum Gasteiger partial charge on any atom is 0.170 e. The second-order valence-electron chi connectivity index (χ2n) is 4.35. The second-order valence-corrected chi connectivity index (χ2v) is 4.35. The number of hydrogen-bond donors (Lipinski definition) is 1. The zero-order valence-corrected chi connectivity index (χ0v) is 10.3. The van der Waals surface area contributed by atoms with E-state index in [4.69, 9.17) is 5.11 Å². The Kier molecular flexibility index (Phi) is 3.90. The summed E-state index contributed by atoms with van der Waals surface area (Å²) in [7, 11) is 0. The van der Waals surface area contributed by atoms with Crippen molar-refractivity contribution >= 4 is 5.78 Å². The Hall–Kier alpha value is -1.93. The van der Waals surface area contributed by atoms with Crippen LogP contribution in [0.15, 0.2) is 54.6 Å². The van der Waals surface area contributed by atoms with Crippen molar-refractivity contribution < 1.29 is 9.90 Å². The Morgan fingerprint density at radius 3 is 2.22 bits per heavy atom. The summed E-state index contributed by atoms with van der Waals surface area (Å²) in [5.41, 5.74) is 2.57. The molecule has 0 aliphatic heterocycles. The normalized spacial score (nSPS) is 12.1. The molecule has 18 heavy (non-hydrogen) atoms. The fraction of sp³-hybridized carbons (Fsp3) is 0.188. The number of benzene rings is 2. The first-order valence-electron chi connectivity index (χ1n) is 6.01. The van der Waals surface area contributed by atoms with Crippen LogP contribution in [0.5, 0.6) is 0 Å². The lowest BCUT2D eigenvalue weighted by Gasteiger charge is -2.11. The molecule has 1 unspecified atom stereocenters. The van der Waals surface area contributed by atoms with Crippen molar-refractivity contribution in [2.24, 2.45) is 0 Å². The average Bonchev–Trinajstić information content (AvgIpc) is 2.47. The first-order chi connectivity index (χ1) is 8.72. The van der Waals surface area contributed by atoms with E-state index in [9.17, 15) is 4.79 Å². The summed E-state index contributed by atoms with van der Waals surface area (Å²) < 4.78 is 0. The molecule has 2 aromatic rings. The van der Waals surface area contributed by atoms with E-state index in [1.54, 1.807) is 0 Å². The van der Waals surface area contributed by atoms with E-state index in [1.807, 2.05) is 61.5 Å². The van der Waals surface area contributed by atoms with Crippen LogP contribution >= 0.6 is 0 Å². The van der Waals surface area contributed by atoms with Gasteiger partial charge in [0.2, 0.25) is 0 Å². The summed E-state index contributed by atoms with van der Waals surface area (Å²) in [4.78, 5) is 12.3. The molecule has 0 aromatic heterocycles. The van der Waals surface area contributed by atoms with Crippen LogP contribution in [0.3, 0.4) is 0 Å². The molecule has 0 amide bonds. The molecule has 0 aliphatic rings. The van der Waals surface area contributed by atoms with Crippen molar-refractivity contribution in [1.29, 1.82) is 0 Å². The van der Waals surface area contributed by atoms with Crippen LogP contribution in [0.1, 0.15) is 34.3 Å². The number of carbonyl (C=O) groups is 1. The van der Waals surface area contributed by atoms with Gasteiger partial charge in [-0.3, -0.25) is 4.79 Å². The molecule has 2 heteroatoms. The Morgan fingerprint density at radius 1 is 1.06 bits per heavy atom. The average molecular weight is 240 g/mol. The van der Waals surface area contributed by atoms with E-state index in [0.29, 0.717) is 0 Å². The van der Waals surface area contributed by atoms with Gasteiger partial charge < -0.3 is 5.11 Å². The van der Waals surface area contributed by atoms with E-state index in [1.165, 1.54) is 0 Å². The molecule has 92 valence electrons. The summed E-state index contributed by atoms with van der Waals surface area (Å²) >= 11 is 0. The topological polar surface area (TPSA) is 37.3 Å². The first-order valence-corrected chi connectivity index (χ1v) is 6.01. The molecular formula is C16H16O2. The van der Waals surface area contributed by atoms with Crippen LogP contribution in [-0.2, 0) is 6.61 Å². The predicted molar refractivity (Wildman–Crippen MR) is 71.6 cm³/mol. The minimum Gasteiger partial charge on any atom is -0.392 e. The van der Waals surface area contributed by atoms with E-state index in [0.717, 1.165) is 16.7 Å². The standard InChI is InChI=1S/C16H16O2/c1-12(14-9-7-13(11-17)8-10-14)16(18)15-5-3-2-4-6-15/h2-10,12,17H,11H2,1H3. The monoisotopic (exact) mass is 240 g/mol. The van der Waals surface area contributed by atoms with Crippen molar-refractivity contribution in [3.05, 3.63) is 71.3 Å². The number of rotatable bonds is 4. The maximum atomic E-state index is 12.3. The highest BCUT2D eigenvalue weighted by Crippen LogP contribution is 2.20. The predicted octanol–water partition coefficient (Wildman–Crippen LogP) is 3.17. The van der Waals surface area contributed by atoms with Crippen LogP contribution in [-0.4, -0.2) is 10.9 Å². The number of aliphatic hydroxyl groups excluding tert-OH is 1. The van der Waals surface area contributed by atoms with Gasteiger partial charge in [-0.2, -0.15) is 0 Å². The molecule has 0 bridgehead atoms. The maximum absolute atomic E-state index is 12.3. The molecular weight excluding hydrogens is 224 g/mol. The molecule has 2 aromatic carbocycles. The lowest BCUT2D eigenvalue weighted by molar-refractivity contribution is 0.0966. The summed E-state index contributed by atoms with van der Waals surface area (Å²) in [6.45, 7) is 1.94. The SMILES string of the molecule is CC(C(=O)c1ccccc1)c1ccc(CO)cc1. The first kappa shape index (κ1) is 12.5. The van der Waals surface area contributed by atoms with Gasteiger partial charge in [0.1, 0.15) is 0 Å². The second kappa shape index (κ2) is 5.61. The van der Waals surface area contributed by atoms with Gasteiger partial charge in [0.25, 0.3) is 0 Å². The summed E-state index contributed by atoms with van der Waals surface area (Å²) in [5.74, 6) is -0.0486.